The van der Waals surface area contributed by atoms with Crippen LogP contribution in [-0.4, -0.2) is 51.0 Å². The molecule has 0 radical (unpaired) electrons. The maximum absolute atomic E-state index is 12.1. The summed E-state index contributed by atoms with van der Waals surface area (Å²) in [7, 11) is 5.61. The molecule has 0 aliphatic carbocycles. The molecule has 0 aliphatic heterocycles. The van der Waals surface area contributed by atoms with Crippen molar-refractivity contribution < 1.29 is 14.3 Å². The van der Waals surface area contributed by atoms with E-state index < -0.39 is 0 Å². The lowest BCUT2D eigenvalue weighted by Gasteiger charge is -2.25. The lowest BCUT2D eigenvalue weighted by atomic mass is 10.1. The fourth-order valence-corrected chi connectivity index (χ4v) is 3.31. The standard InChI is InChI=1S/C20H27N3O3S/c1-23(2)18(15-6-8-17(26-3)9-7-15)13-22-19(24)5-4-11-21-20(25)16-10-12-27-14-16/h6-10,12,14,18H,4-5,11,13H2,1-3H3,(H,21,25)(H,22,24). The monoisotopic (exact) mass is 389 g/mol. The number of benzene rings is 1. The molecule has 1 atom stereocenters. The summed E-state index contributed by atoms with van der Waals surface area (Å²) in [6.45, 7) is 1.01. The first-order valence-corrected chi connectivity index (χ1v) is 9.83. The van der Waals surface area contributed by atoms with Crippen LogP contribution in [0.25, 0.3) is 0 Å². The number of hydrogen-bond acceptors (Lipinski definition) is 5. The minimum Gasteiger partial charge on any atom is -0.497 e. The number of carbonyl (C=O) groups excluding carboxylic acids is 2. The number of ether oxygens (including phenoxy) is 1. The Bertz CT molecular complexity index is 715. The van der Waals surface area contributed by atoms with Gasteiger partial charge >= 0.3 is 0 Å². The van der Waals surface area contributed by atoms with E-state index in [-0.39, 0.29) is 17.9 Å². The van der Waals surface area contributed by atoms with Crippen molar-refractivity contribution in [3.8, 4) is 5.75 Å². The fourth-order valence-electron chi connectivity index (χ4n) is 2.67. The van der Waals surface area contributed by atoms with E-state index in [1.807, 2.05) is 49.1 Å². The molecule has 0 fully saturated rings. The molecule has 1 heterocycles. The second-order valence-electron chi connectivity index (χ2n) is 6.43. The summed E-state index contributed by atoms with van der Waals surface area (Å²) in [6, 6.07) is 9.73. The van der Waals surface area contributed by atoms with Crippen LogP contribution in [0.3, 0.4) is 0 Å². The number of likely N-dealkylation sites (N-methyl/N-ethyl adjacent to an activating group) is 1. The van der Waals surface area contributed by atoms with E-state index >= 15 is 0 Å². The van der Waals surface area contributed by atoms with E-state index in [0.717, 1.165) is 11.3 Å². The number of hydrogen-bond donors (Lipinski definition) is 2. The van der Waals surface area contributed by atoms with Crippen LogP contribution in [0.15, 0.2) is 41.1 Å². The molecule has 1 aromatic heterocycles. The first-order valence-electron chi connectivity index (χ1n) is 8.88. The molecule has 2 N–H and O–H groups in total. The van der Waals surface area contributed by atoms with Gasteiger partial charge in [0.1, 0.15) is 5.75 Å². The molecule has 27 heavy (non-hydrogen) atoms. The van der Waals surface area contributed by atoms with Gasteiger partial charge in [0.15, 0.2) is 0 Å². The van der Waals surface area contributed by atoms with Gasteiger partial charge in [-0.15, -0.1) is 0 Å². The van der Waals surface area contributed by atoms with Crippen molar-refractivity contribution in [3.05, 3.63) is 52.2 Å². The molecule has 0 bridgehead atoms. The molecule has 7 heteroatoms. The smallest absolute Gasteiger partial charge is 0.252 e. The molecule has 0 spiro atoms. The number of amides is 2. The Hall–Kier alpha value is -2.38. The average molecular weight is 390 g/mol. The third kappa shape index (κ3) is 6.69. The summed E-state index contributed by atoms with van der Waals surface area (Å²) in [6.07, 6.45) is 0.990. The van der Waals surface area contributed by atoms with Crippen LogP contribution in [0.2, 0.25) is 0 Å². The third-order valence-corrected chi connectivity index (χ3v) is 4.95. The molecule has 2 rings (SSSR count). The number of thiophene rings is 1. The third-order valence-electron chi connectivity index (χ3n) is 4.27. The number of methoxy groups -OCH3 is 1. The fraction of sp³-hybridized carbons (Fsp3) is 0.400. The maximum Gasteiger partial charge on any atom is 0.252 e. The summed E-state index contributed by atoms with van der Waals surface area (Å²) >= 11 is 1.49. The number of rotatable bonds is 10. The van der Waals surface area contributed by atoms with E-state index in [1.165, 1.54) is 11.3 Å². The van der Waals surface area contributed by atoms with Crippen LogP contribution in [0.4, 0.5) is 0 Å². The number of nitrogens with one attached hydrogen (secondary N) is 2. The highest BCUT2D eigenvalue weighted by Gasteiger charge is 2.15. The van der Waals surface area contributed by atoms with Gasteiger partial charge in [-0.1, -0.05) is 12.1 Å². The maximum atomic E-state index is 12.1. The Morgan fingerprint density at radius 3 is 2.48 bits per heavy atom. The zero-order chi connectivity index (χ0) is 19.6. The summed E-state index contributed by atoms with van der Waals surface area (Å²) in [5.41, 5.74) is 1.78. The van der Waals surface area contributed by atoms with Gasteiger partial charge in [-0.2, -0.15) is 11.3 Å². The van der Waals surface area contributed by atoms with Crippen LogP contribution >= 0.6 is 11.3 Å². The minimum atomic E-state index is -0.0937. The molecule has 6 nitrogen and oxygen atoms in total. The van der Waals surface area contributed by atoms with Crippen molar-refractivity contribution in [3.63, 3.8) is 0 Å². The van der Waals surface area contributed by atoms with Gasteiger partial charge in [0.2, 0.25) is 5.91 Å². The van der Waals surface area contributed by atoms with Crippen LogP contribution < -0.4 is 15.4 Å². The molecular weight excluding hydrogens is 362 g/mol. The van der Waals surface area contributed by atoms with Gasteiger partial charge in [-0.3, -0.25) is 9.59 Å². The van der Waals surface area contributed by atoms with Crippen LogP contribution in [0, 0.1) is 0 Å². The predicted molar refractivity (Wildman–Crippen MR) is 108 cm³/mol. The second-order valence-corrected chi connectivity index (χ2v) is 7.21. The van der Waals surface area contributed by atoms with Gasteiger partial charge in [0, 0.05) is 30.5 Å². The molecular formula is C20H27N3O3S. The van der Waals surface area contributed by atoms with E-state index in [4.69, 9.17) is 4.74 Å². The van der Waals surface area contributed by atoms with Gasteiger partial charge < -0.3 is 20.3 Å². The van der Waals surface area contributed by atoms with Crippen molar-refractivity contribution in [1.29, 1.82) is 0 Å². The molecule has 0 saturated heterocycles. The topological polar surface area (TPSA) is 70.7 Å². The second kappa shape index (κ2) is 10.7. The molecule has 0 saturated carbocycles. The number of carbonyl (C=O) groups is 2. The normalized spacial score (nSPS) is 11.9. The predicted octanol–water partition coefficient (Wildman–Crippen LogP) is 2.69. The summed E-state index contributed by atoms with van der Waals surface area (Å²) in [5, 5.41) is 9.49. The Morgan fingerprint density at radius 1 is 1.15 bits per heavy atom. The van der Waals surface area contributed by atoms with Crippen LogP contribution in [-0.2, 0) is 4.79 Å². The molecule has 2 aromatic rings. The quantitative estimate of drug-likeness (QED) is 0.613. The van der Waals surface area contributed by atoms with E-state index in [2.05, 4.69) is 15.5 Å². The van der Waals surface area contributed by atoms with Crippen molar-refractivity contribution in [2.75, 3.05) is 34.3 Å². The van der Waals surface area contributed by atoms with Crippen molar-refractivity contribution in [1.82, 2.24) is 15.5 Å². The van der Waals surface area contributed by atoms with E-state index in [1.54, 1.807) is 13.2 Å². The molecule has 0 aliphatic rings. The number of nitrogens with zero attached hydrogens (tertiary/aromatic N) is 1. The van der Waals surface area contributed by atoms with Crippen molar-refractivity contribution >= 4 is 23.2 Å². The van der Waals surface area contributed by atoms with Crippen molar-refractivity contribution in [2.24, 2.45) is 0 Å². The largest absolute Gasteiger partial charge is 0.497 e. The minimum absolute atomic E-state index is 0.0138. The highest BCUT2D eigenvalue weighted by Crippen LogP contribution is 2.20. The highest BCUT2D eigenvalue weighted by molar-refractivity contribution is 7.08. The van der Waals surface area contributed by atoms with Crippen LogP contribution in [0.1, 0.15) is 34.8 Å². The Labute approximate surface area is 164 Å². The molecule has 146 valence electrons. The highest BCUT2D eigenvalue weighted by atomic mass is 32.1. The molecule has 1 unspecified atom stereocenters. The van der Waals surface area contributed by atoms with Gasteiger partial charge in [-0.05, 0) is 49.7 Å². The van der Waals surface area contributed by atoms with Gasteiger partial charge in [0.25, 0.3) is 5.91 Å². The molecule has 1 aromatic carbocycles. The summed E-state index contributed by atoms with van der Waals surface area (Å²) < 4.78 is 5.19. The van der Waals surface area contributed by atoms with Gasteiger partial charge in [-0.25, -0.2) is 0 Å². The van der Waals surface area contributed by atoms with Crippen molar-refractivity contribution in [2.45, 2.75) is 18.9 Å². The zero-order valence-electron chi connectivity index (χ0n) is 16.0. The Morgan fingerprint density at radius 2 is 1.89 bits per heavy atom. The van der Waals surface area contributed by atoms with E-state index in [9.17, 15) is 9.59 Å². The van der Waals surface area contributed by atoms with E-state index in [0.29, 0.717) is 31.5 Å². The van der Waals surface area contributed by atoms with Gasteiger partial charge in [0.05, 0.1) is 13.2 Å². The lowest BCUT2D eigenvalue weighted by molar-refractivity contribution is -0.121. The lowest BCUT2D eigenvalue weighted by Crippen LogP contribution is -2.35. The van der Waals surface area contributed by atoms with Crippen LogP contribution in [0.5, 0.6) is 5.75 Å². The Balaban J connectivity index is 1.72. The first-order chi connectivity index (χ1) is 13.0. The SMILES string of the molecule is COc1ccc(C(CNC(=O)CCCNC(=O)c2ccsc2)N(C)C)cc1. The first kappa shape index (κ1) is 20.9. The zero-order valence-corrected chi connectivity index (χ0v) is 16.8. The summed E-state index contributed by atoms with van der Waals surface area (Å²) in [4.78, 5) is 26.0. The molecule has 2 amide bonds. The summed E-state index contributed by atoms with van der Waals surface area (Å²) in [5.74, 6) is 0.703. The Kier molecular flexibility index (Phi) is 8.29. The average Bonchev–Trinajstić information content (AvgIpc) is 3.20.